The molecule has 2 atom stereocenters. The molecule has 0 aromatic heterocycles. The van der Waals surface area contributed by atoms with E-state index in [9.17, 15) is 9.59 Å². The first kappa shape index (κ1) is 15.0. The van der Waals surface area contributed by atoms with E-state index in [1.165, 1.54) is 0 Å². The van der Waals surface area contributed by atoms with Crippen LogP contribution >= 0.6 is 0 Å². The molecule has 1 fully saturated rings. The van der Waals surface area contributed by atoms with Crippen LogP contribution < -0.4 is 0 Å². The summed E-state index contributed by atoms with van der Waals surface area (Å²) in [6, 6.07) is 0. The lowest BCUT2D eigenvalue weighted by Gasteiger charge is -2.28. The monoisotopic (exact) mass is 256 g/mol. The van der Waals surface area contributed by atoms with Crippen LogP contribution in [-0.2, 0) is 19.1 Å². The predicted octanol–water partition coefficient (Wildman–Crippen LogP) is 2.70. The van der Waals surface area contributed by atoms with Gasteiger partial charge in [-0.15, -0.1) is 0 Å². The van der Waals surface area contributed by atoms with Gasteiger partial charge in [-0.2, -0.15) is 0 Å². The first-order valence-electron chi connectivity index (χ1n) is 7.04. The number of unbranched alkanes of at least 4 members (excludes halogenated alkanes) is 1. The zero-order valence-corrected chi connectivity index (χ0v) is 11.4. The summed E-state index contributed by atoms with van der Waals surface area (Å²) in [4.78, 5) is 23.8. The first-order valence-corrected chi connectivity index (χ1v) is 7.04. The SMILES string of the molecule is CCCCOC(=O)C1CCCCC1C(=O)OCC. The molecule has 104 valence electrons. The van der Waals surface area contributed by atoms with E-state index in [2.05, 4.69) is 6.92 Å². The normalized spacial score (nSPS) is 23.4. The zero-order valence-electron chi connectivity index (χ0n) is 11.4. The van der Waals surface area contributed by atoms with Crippen LogP contribution in [0.15, 0.2) is 0 Å². The van der Waals surface area contributed by atoms with E-state index < -0.39 is 0 Å². The van der Waals surface area contributed by atoms with Crippen LogP contribution in [0.4, 0.5) is 0 Å². The third-order valence-corrected chi connectivity index (χ3v) is 3.40. The van der Waals surface area contributed by atoms with Crippen LogP contribution in [0.1, 0.15) is 52.4 Å². The average Bonchev–Trinajstić information content (AvgIpc) is 2.39. The molecular formula is C14H24O4. The van der Waals surface area contributed by atoms with Gasteiger partial charge in [0.25, 0.3) is 0 Å². The number of rotatable bonds is 6. The minimum absolute atomic E-state index is 0.221. The molecule has 4 nitrogen and oxygen atoms in total. The van der Waals surface area contributed by atoms with Gasteiger partial charge in [0.05, 0.1) is 25.0 Å². The van der Waals surface area contributed by atoms with Crippen molar-refractivity contribution in [1.82, 2.24) is 0 Å². The third-order valence-electron chi connectivity index (χ3n) is 3.40. The van der Waals surface area contributed by atoms with Crippen molar-refractivity contribution in [3.63, 3.8) is 0 Å². The Kier molecular flexibility index (Phi) is 6.76. The minimum atomic E-state index is -0.298. The first-order chi connectivity index (χ1) is 8.70. The Balaban J connectivity index is 2.52. The Morgan fingerprint density at radius 1 is 1.00 bits per heavy atom. The van der Waals surface area contributed by atoms with Gasteiger partial charge in [-0.1, -0.05) is 26.2 Å². The lowest BCUT2D eigenvalue weighted by molar-refractivity contribution is -0.162. The fraction of sp³-hybridized carbons (Fsp3) is 0.857. The molecular weight excluding hydrogens is 232 g/mol. The molecule has 1 aliphatic carbocycles. The second kappa shape index (κ2) is 8.11. The summed E-state index contributed by atoms with van der Waals surface area (Å²) in [7, 11) is 0. The highest BCUT2D eigenvalue weighted by Crippen LogP contribution is 2.32. The number of hydrogen-bond donors (Lipinski definition) is 0. The summed E-state index contributed by atoms with van der Waals surface area (Å²) in [5.41, 5.74) is 0. The summed E-state index contributed by atoms with van der Waals surface area (Å²) in [6.07, 6.45) is 5.34. The number of hydrogen-bond acceptors (Lipinski definition) is 4. The summed E-state index contributed by atoms with van der Waals surface area (Å²) in [5, 5.41) is 0. The maximum atomic E-state index is 12.0. The highest BCUT2D eigenvalue weighted by molar-refractivity contribution is 5.82. The molecule has 18 heavy (non-hydrogen) atoms. The Morgan fingerprint density at radius 2 is 1.56 bits per heavy atom. The van der Waals surface area contributed by atoms with E-state index in [1.54, 1.807) is 6.92 Å². The molecule has 0 heterocycles. The molecule has 1 saturated carbocycles. The van der Waals surface area contributed by atoms with Crippen LogP contribution in [0, 0.1) is 11.8 Å². The zero-order chi connectivity index (χ0) is 13.4. The van der Waals surface area contributed by atoms with Crippen molar-refractivity contribution in [2.45, 2.75) is 52.4 Å². The second-order valence-electron chi connectivity index (χ2n) is 4.77. The van der Waals surface area contributed by atoms with Crippen LogP contribution in [0.2, 0.25) is 0 Å². The molecule has 1 rings (SSSR count). The molecule has 0 spiro atoms. The molecule has 0 radical (unpaired) electrons. The van der Waals surface area contributed by atoms with Crippen molar-refractivity contribution in [3.8, 4) is 0 Å². The van der Waals surface area contributed by atoms with Crippen molar-refractivity contribution in [3.05, 3.63) is 0 Å². The summed E-state index contributed by atoms with van der Waals surface area (Å²) < 4.78 is 10.3. The summed E-state index contributed by atoms with van der Waals surface area (Å²) >= 11 is 0. The van der Waals surface area contributed by atoms with Crippen LogP contribution in [0.3, 0.4) is 0 Å². The molecule has 4 heteroatoms. The standard InChI is InChI=1S/C14H24O4/c1-3-5-10-18-14(16)12-9-7-6-8-11(12)13(15)17-4-2/h11-12H,3-10H2,1-2H3. The van der Waals surface area contributed by atoms with Crippen LogP contribution in [-0.4, -0.2) is 25.2 Å². The molecule has 2 unspecified atom stereocenters. The van der Waals surface area contributed by atoms with Crippen LogP contribution in [0.25, 0.3) is 0 Å². The Labute approximate surface area is 109 Å². The molecule has 0 saturated heterocycles. The molecule has 0 N–H and O–H groups in total. The lowest BCUT2D eigenvalue weighted by atomic mass is 9.79. The van der Waals surface area contributed by atoms with Gasteiger partial charge in [0, 0.05) is 0 Å². The van der Waals surface area contributed by atoms with E-state index >= 15 is 0 Å². The van der Waals surface area contributed by atoms with Crippen molar-refractivity contribution in [1.29, 1.82) is 0 Å². The summed E-state index contributed by atoms with van der Waals surface area (Å²) in [6.45, 7) is 4.67. The largest absolute Gasteiger partial charge is 0.466 e. The molecule has 0 amide bonds. The van der Waals surface area contributed by atoms with E-state index in [0.29, 0.717) is 13.2 Å². The van der Waals surface area contributed by atoms with Crippen molar-refractivity contribution < 1.29 is 19.1 Å². The van der Waals surface area contributed by atoms with Gasteiger partial charge in [0.15, 0.2) is 0 Å². The Bertz CT molecular complexity index is 275. The minimum Gasteiger partial charge on any atom is -0.466 e. The van der Waals surface area contributed by atoms with E-state index in [0.717, 1.165) is 38.5 Å². The highest BCUT2D eigenvalue weighted by Gasteiger charge is 2.37. The fourth-order valence-corrected chi connectivity index (χ4v) is 2.37. The Hall–Kier alpha value is -1.06. The highest BCUT2D eigenvalue weighted by atomic mass is 16.5. The molecule has 1 aliphatic rings. The average molecular weight is 256 g/mol. The molecule has 0 bridgehead atoms. The molecule has 0 aromatic rings. The fourth-order valence-electron chi connectivity index (χ4n) is 2.37. The third kappa shape index (κ3) is 4.31. The van der Waals surface area contributed by atoms with Gasteiger partial charge >= 0.3 is 11.9 Å². The summed E-state index contributed by atoms with van der Waals surface area (Å²) in [5.74, 6) is -1.06. The molecule has 0 aliphatic heterocycles. The van der Waals surface area contributed by atoms with E-state index in [4.69, 9.17) is 9.47 Å². The smallest absolute Gasteiger partial charge is 0.309 e. The second-order valence-corrected chi connectivity index (χ2v) is 4.77. The maximum Gasteiger partial charge on any atom is 0.309 e. The van der Waals surface area contributed by atoms with Crippen molar-refractivity contribution >= 4 is 11.9 Å². The van der Waals surface area contributed by atoms with Crippen molar-refractivity contribution in [2.24, 2.45) is 11.8 Å². The number of esters is 2. The topological polar surface area (TPSA) is 52.6 Å². The Morgan fingerprint density at radius 3 is 2.06 bits per heavy atom. The van der Waals surface area contributed by atoms with Crippen LogP contribution in [0.5, 0.6) is 0 Å². The number of carbonyl (C=O) groups excluding carboxylic acids is 2. The van der Waals surface area contributed by atoms with Gasteiger partial charge in [-0.3, -0.25) is 9.59 Å². The van der Waals surface area contributed by atoms with Gasteiger partial charge in [0.2, 0.25) is 0 Å². The van der Waals surface area contributed by atoms with E-state index in [-0.39, 0.29) is 23.8 Å². The van der Waals surface area contributed by atoms with E-state index in [1.807, 2.05) is 0 Å². The van der Waals surface area contributed by atoms with Gasteiger partial charge in [-0.25, -0.2) is 0 Å². The number of ether oxygens (including phenoxy) is 2. The lowest BCUT2D eigenvalue weighted by Crippen LogP contribution is -2.35. The maximum absolute atomic E-state index is 12.0. The van der Waals surface area contributed by atoms with Gasteiger partial charge < -0.3 is 9.47 Å². The van der Waals surface area contributed by atoms with Gasteiger partial charge in [0.1, 0.15) is 0 Å². The quantitative estimate of drug-likeness (QED) is 0.541. The molecule has 0 aromatic carbocycles. The van der Waals surface area contributed by atoms with Crippen molar-refractivity contribution in [2.75, 3.05) is 13.2 Å². The predicted molar refractivity (Wildman–Crippen MR) is 67.9 cm³/mol. The number of carbonyl (C=O) groups is 2. The van der Waals surface area contributed by atoms with Gasteiger partial charge in [-0.05, 0) is 26.2 Å².